The Labute approximate surface area is 143 Å². The summed E-state index contributed by atoms with van der Waals surface area (Å²) in [7, 11) is 0. The molecule has 0 unspecified atom stereocenters. The van der Waals surface area contributed by atoms with Crippen molar-refractivity contribution in [1.29, 1.82) is 0 Å². The number of thiophene rings is 1. The molecular formula is C15H10F3N3OS2. The summed E-state index contributed by atoms with van der Waals surface area (Å²) >= 11 is 2.62. The molecule has 2 aromatic heterocycles. The number of nitrogens with one attached hydrogen (secondary N) is 1. The van der Waals surface area contributed by atoms with E-state index in [-0.39, 0.29) is 0 Å². The molecule has 0 bridgehead atoms. The van der Waals surface area contributed by atoms with Gasteiger partial charge in [-0.3, -0.25) is 4.79 Å². The highest BCUT2D eigenvalue weighted by molar-refractivity contribution is 8.00. The molecule has 0 fully saturated rings. The molecule has 24 heavy (non-hydrogen) atoms. The summed E-state index contributed by atoms with van der Waals surface area (Å²) in [4.78, 5) is 21.2. The fourth-order valence-corrected chi connectivity index (χ4v) is 3.64. The largest absolute Gasteiger partial charge is 0.323 e. The molecule has 1 N–H and O–H groups in total. The van der Waals surface area contributed by atoms with E-state index in [0.717, 1.165) is 22.3 Å². The van der Waals surface area contributed by atoms with Crippen molar-refractivity contribution < 1.29 is 18.0 Å². The van der Waals surface area contributed by atoms with Gasteiger partial charge in [0.05, 0.1) is 10.9 Å². The molecule has 4 nitrogen and oxygen atoms in total. The van der Waals surface area contributed by atoms with E-state index in [1.54, 1.807) is 6.92 Å². The molecular weight excluding hydrogens is 359 g/mol. The van der Waals surface area contributed by atoms with Crippen molar-refractivity contribution in [3.63, 3.8) is 0 Å². The third-order valence-electron chi connectivity index (χ3n) is 3.18. The summed E-state index contributed by atoms with van der Waals surface area (Å²) in [5, 5.41) is 4.94. The van der Waals surface area contributed by atoms with E-state index >= 15 is 0 Å². The monoisotopic (exact) mass is 369 g/mol. The highest BCUT2D eigenvalue weighted by Gasteiger charge is 2.20. The Morgan fingerprint density at radius 2 is 2.00 bits per heavy atom. The Morgan fingerprint density at radius 3 is 2.79 bits per heavy atom. The number of amides is 1. The molecule has 0 aliphatic rings. The second-order valence-corrected chi connectivity index (χ2v) is 7.01. The summed E-state index contributed by atoms with van der Waals surface area (Å²) in [5.74, 6) is -4.91. The summed E-state index contributed by atoms with van der Waals surface area (Å²) in [5.41, 5.74) is -0.408. The number of carbonyl (C=O) groups excluding carboxylic acids is 1. The Hall–Kier alpha value is -2.13. The van der Waals surface area contributed by atoms with Gasteiger partial charge in [-0.25, -0.2) is 23.1 Å². The Kier molecular flexibility index (Phi) is 4.72. The lowest BCUT2D eigenvalue weighted by Gasteiger charge is -2.12. The molecule has 124 valence electrons. The van der Waals surface area contributed by atoms with Crippen molar-refractivity contribution in [1.82, 2.24) is 9.97 Å². The van der Waals surface area contributed by atoms with Crippen molar-refractivity contribution in [2.24, 2.45) is 0 Å². The number of aromatic nitrogens is 2. The molecule has 0 saturated heterocycles. The standard InChI is InChI=1S/C15H10F3N3OS2/c1-7(24-15-8-4-5-23-14(8)19-6-20-15)13(22)21-10-3-2-9(16)11(17)12(10)18/h2-7H,1H3,(H,21,22)/t7-/m0/s1. The van der Waals surface area contributed by atoms with Gasteiger partial charge in [0.2, 0.25) is 5.91 Å². The fourth-order valence-electron chi connectivity index (χ4n) is 1.94. The first-order chi connectivity index (χ1) is 11.5. The van der Waals surface area contributed by atoms with Gasteiger partial charge >= 0.3 is 0 Å². The first-order valence-electron chi connectivity index (χ1n) is 6.76. The molecule has 0 spiro atoms. The zero-order valence-corrected chi connectivity index (χ0v) is 13.9. The number of rotatable bonds is 4. The van der Waals surface area contributed by atoms with Crippen LogP contribution in [0.3, 0.4) is 0 Å². The van der Waals surface area contributed by atoms with Crippen LogP contribution >= 0.6 is 23.1 Å². The minimum Gasteiger partial charge on any atom is -0.323 e. The van der Waals surface area contributed by atoms with Crippen LogP contribution in [0.2, 0.25) is 0 Å². The van der Waals surface area contributed by atoms with Crippen LogP contribution in [0.25, 0.3) is 10.2 Å². The number of hydrogen-bond acceptors (Lipinski definition) is 5. The van der Waals surface area contributed by atoms with Gasteiger partial charge in [0.25, 0.3) is 0 Å². The number of hydrogen-bond donors (Lipinski definition) is 1. The molecule has 9 heteroatoms. The highest BCUT2D eigenvalue weighted by atomic mass is 32.2. The summed E-state index contributed by atoms with van der Waals surface area (Å²) in [6.45, 7) is 1.61. The molecule has 1 aromatic carbocycles. The number of thioether (sulfide) groups is 1. The van der Waals surface area contributed by atoms with Gasteiger partial charge in [0, 0.05) is 5.39 Å². The quantitative estimate of drug-likeness (QED) is 0.425. The van der Waals surface area contributed by atoms with Crippen LogP contribution in [-0.2, 0) is 4.79 Å². The van der Waals surface area contributed by atoms with Crippen molar-refractivity contribution in [2.45, 2.75) is 17.2 Å². The van der Waals surface area contributed by atoms with Gasteiger partial charge in [0.1, 0.15) is 16.2 Å². The topological polar surface area (TPSA) is 54.9 Å². The minimum absolute atomic E-state index is 0.408. The van der Waals surface area contributed by atoms with E-state index in [1.165, 1.54) is 29.4 Å². The van der Waals surface area contributed by atoms with Gasteiger partial charge in [0.15, 0.2) is 17.5 Å². The van der Waals surface area contributed by atoms with Crippen molar-refractivity contribution in [3.8, 4) is 0 Å². The second-order valence-electron chi connectivity index (χ2n) is 4.79. The molecule has 3 rings (SSSR count). The lowest BCUT2D eigenvalue weighted by Crippen LogP contribution is -2.23. The van der Waals surface area contributed by atoms with Crippen LogP contribution < -0.4 is 5.32 Å². The molecule has 0 aliphatic carbocycles. The lowest BCUT2D eigenvalue weighted by molar-refractivity contribution is -0.115. The van der Waals surface area contributed by atoms with Gasteiger partial charge in [-0.15, -0.1) is 11.3 Å². The smallest absolute Gasteiger partial charge is 0.237 e. The molecule has 1 atom stereocenters. The number of fused-ring (bicyclic) bond motifs is 1. The van der Waals surface area contributed by atoms with E-state index in [2.05, 4.69) is 15.3 Å². The van der Waals surface area contributed by atoms with Crippen LogP contribution in [0.15, 0.2) is 34.9 Å². The maximum atomic E-state index is 13.6. The molecule has 2 heterocycles. The highest BCUT2D eigenvalue weighted by Crippen LogP contribution is 2.31. The molecule has 0 saturated carbocycles. The van der Waals surface area contributed by atoms with Gasteiger partial charge in [-0.1, -0.05) is 11.8 Å². The zero-order chi connectivity index (χ0) is 17.3. The Bertz CT molecular complexity index is 916. The Balaban J connectivity index is 1.76. The van der Waals surface area contributed by atoms with Crippen LogP contribution in [-0.4, -0.2) is 21.1 Å². The zero-order valence-electron chi connectivity index (χ0n) is 12.2. The molecule has 0 radical (unpaired) electrons. The minimum atomic E-state index is -1.62. The van der Waals surface area contributed by atoms with Crippen LogP contribution in [0.4, 0.5) is 18.9 Å². The summed E-state index contributed by atoms with van der Waals surface area (Å²) in [6, 6.07) is 3.58. The number of benzene rings is 1. The summed E-state index contributed by atoms with van der Waals surface area (Å²) < 4.78 is 39.7. The number of halogens is 3. The van der Waals surface area contributed by atoms with Gasteiger partial charge in [-0.2, -0.15) is 0 Å². The van der Waals surface area contributed by atoms with E-state index in [9.17, 15) is 18.0 Å². The van der Waals surface area contributed by atoms with E-state index < -0.39 is 34.3 Å². The molecule has 1 amide bonds. The second kappa shape index (κ2) is 6.78. The van der Waals surface area contributed by atoms with Crippen LogP contribution in [0.1, 0.15) is 6.92 Å². The van der Waals surface area contributed by atoms with Crippen LogP contribution in [0, 0.1) is 17.5 Å². The van der Waals surface area contributed by atoms with Crippen molar-refractivity contribution in [3.05, 3.63) is 47.4 Å². The van der Waals surface area contributed by atoms with Crippen molar-refractivity contribution in [2.75, 3.05) is 5.32 Å². The SMILES string of the molecule is C[C@H](Sc1ncnc2sccc12)C(=O)Nc1ccc(F)c(F)c1F. The maximum absolute atomic E-state index is 13.6. The summed E-state index contributed by atoms with van der Waals surface area (Å²) in [6.07, 6.45) is 1.40. The molecule has 3 aromatic rings. The first kappa shape index (κ1) is 16.7. The van der Waals surface area contributed by atoms with E-state index in [0.29, 0.717) is 5.03 Å². The van der Waals surface area contributed by atoms with Crippen LogP contribution in [0.5, 0.6) is 0 Å². The Morgan fingerprint density at radius 1 is 1.21 bits per heavy atom. The van der Waals surface area contributed by atoms with Crippen molar-refractivity contribution >= 4 is 44.9 Å². The number of nitrogens with zero attached hydrogens (tertiary/aromatic N) is 2. The third-order valence-corrected chi connectivity index (χ3v) is 5.11. The van der Waals surface area contributed by atoms with E-state index in [1.807, 2.05) is 11.4 Å². The normalized spacial score (nSPS) is 12.3. The maximum Gasteiger partial charge on any atom is 0.237 e. The lowest BCUT2D eigenvalue weighted by atomic mass is 10.2. The predicted molar refractivity (Wildman–Crippen MR) is 87.7 cm³/mol. The predicted octanol–water partition coefficient (Wildman–Crippen LogP) is 4.23. The van der Waals surface area contributed by atoms with E-state index in [4.69, 9.17) is 0 Å². The number of carbonyl (C=O) groups is 1. The first-order valence-corrected chi connectivity index (χ1v) is 8.52. The van der Waals surface area contributed by atoms with Gasteiger partial charge in [-0.05, 0) is 30.5 Å². The average molecular weight is 369 g/mol. The fraction of sp³-hybridized carbons (Fsp3) is 0.133. The average Bonchev–Trinajstić information content (AvgIpc) is 3.05. The van der Waals surface area contributed by atoms with Gasteiger partial charge < -0.3 is 5.32 Å². The third kappa shape index (κ3) is 3.22. The molecule has 0 aliphatic heterocycles. The number of anilines is 1.